The van der Waals surface area contributed by atoms with Crippen LogP contribution in [0.25, 0.3) is 11.5 Å². The Morgan fingerprint density at radius 1 is 1.50 bits per heavy atom. The fourth-order valence-electron chi connectivity index (χ4n) is 1.43. The molecule has 5 nitrogen and oxygen atoms in total. The molecule has 2 aromatic rings. The minimum atomic E-state index is 0.111. The van der Waals surface area contributed by atoms with E-state index in [0.717, 1.165) is 0 Å². The van der Waals surface area contributed by atoms with Crippen LogP contribution in [0.5, 0.6) is 0 Å². The number of aldehydes is 1. The second kappa shape index (κ2) is 4.21. The molecule has 0 spiro atoms. The van der Waals surface area contributed by atoms with Gasteiger partial charge in [0.2, 0.25) is 0 Å². The summed E-state index contributed by atoms with van der Waals surface area (Å²) in [5, 5.41) is 7.74. The highest BCUT2D eigenvalue weighted by Crippen LogP contribution is 2.27. The lowest BCUT2D eigenvalue weighted by molar-refractivity contribution is 0.111. The Hall–Kier alpha value is -1.43. The highest BCUT2D eigenvalue weighted by atomic mass is 79.9. The van der Waals surface area contributed by atoms with E-state index in [9.17, 15) is 4.79 Å². The molecule has 0 aliphatic rings. The Morgan fingerprint density at radius 2 is 2.25 bits per heavy atom. The predicted molar refractivity (Wildman–Crippen MR) is 61.2 cm³/mol. The average molecular weight is 284 g/mol. The number of furan rings is 1. The summed E-state index contributed by atoms with van der Waals surface area (Å²) >= 11 is 3.22. The first-order valence-electron chi connectivity index (χ1n) is 4.79. The van der Waals surface area contributed by atoms with Crippen molar-refractivity contribution in [3.8, 4) is 11.5 Å². The second-order valence-corrected chi connectivity index (χ2v) is 4.36. The first-order valence-corrected chi connectivity index (χ1v) is 5.59. The fourth-order valence-corrected chi connectivity index (χ4v) is 1.73. The molecule has 6 heteroatoms. The highest BCUT2D eigenvalue weighted by Gasteiger charge is 2.19. The van der Waals surface area contributed by atoms with Crippen LogP contribution in [-0.2, 0) is 0 Å². The molecule has 0 unspecified atom stereocenters. The van der Waals surface area contributed by atoms with Gasteiger partial charge in [0.15, 0.2) is 22.4 Å². The van der Waals surface area contributed by atoms with E-state index in [-0.39, 0.29) is 11.7 Å². The molecule has 0 radical (unpaired) electrons. The maximum absolute atomic E-state index is 10.9. The van der Waals surface area contributed by atoms with E-state index in [1.807, 2.05) is 13.8 Å². The molecule has 0 fully saturated rings. The second-order valence-electron chi connectivity index (χ2n) is 3.58. The summed E-state index contributed by atoms with van der Waals surface area (Å²) in [5.41, 5.74) is 0.895. The van der Waals surface area contributed by atoms with Gasteiger partial charge in [0.1, 0.15) is 5.69 Å². The Kier molecular flexibility index (Phi) is 2.91. The fraction of sp³-hybridized carbons (Fsp3) is 0.300. The van der Waals surface area contributed by atoms with Crippen LogP contribution in [0.2, 0.25) is 0 Å². The van der Waals surface area contributed by atoms with Crippen LogP contribution in [0, 0.1) is 0 Å². The van der Waals surface area contributed by atoms with Gasteiger partial charge >= 0.3 is 0 Å². The minimum absolute atomic E-state index is 0.111. The lowest BCUT2D eigenvalue weighted by atomic mass is 10.2. The zero-order chi connectivity index (χ0) is 11.7. The Morgan fingerprint density at radius 3 is 2.75 bits per heavy atom. The van der Waals surface area contributed by atoms with E-state index in [0.29, 0.717) is 22.4 Å². The number of carbonyl (C=O) groups is 1. The number of hydrogen-bond acceptors (Lipinski definition) is 4. The summed E-state index contributed by atoms with van der Waals surface area (Å²) in [7, 11) is 0. The first kappa shape index (κ1) is 11.1. The Labute approximate surface area is 101 Å². The highest BCUT2D eigenvalue weighted by molar-refractivity contribution is 9.10. The van der Waals surface area contributed by atoms with Gasteiger partial charge in [-0.25, -0.2) is 4.68 Å². The molecule has 0 saturated heterocycles. The standard InChI is InChI=1S/C10H10BrN3O2/c1-6(2)14-10(7(5-15)12-13-14)8-3-4-9(11)16-8/h3-6H,1-2H3. The van der Waals surface area contributed by atoms with Gasteiger partial charge in [-0.2, -0.15) is 0 Å². The van der Waals surface area contributed by atoms with Crippen LogP contribution < -0.4 is 0 Å². The quantitative estimate of drug-likeness (QED) is 0.813. The third kappa shape index (κ3) is 1.80. The summed E-state index contributed by atoms with van der Waals surface area (Å²) in [5.74, 6) is 0.577. The van der Waals surface area contributed by atoms with Crippen molar-refractivity contribution in [2.75, 3.05) is 0 Å². The van der Waals surface area contributed by atoms with Crippen molar-refractivity contribution in [2.45, 2.75) is 19.9 Å². The van der Waals surface area contributed by atoms with Gasteiger partial charge in [0.25, 0.3) is 0 Å². The zero-order valence-electron chi connectivity index (χ0n) is 8.85. The molecule has 0 amide bonds. The molecule has 2 rings (SSSR count). The van der Waals surface area contributed by atoms with Crippen molar-refractivity contribution < 1.29 is 9.21 Å². The van der Waals surface area contributed by atoms with Crippen LogP contribution in [0.3, 0.4) is 0 Å². The number of carbonyl (C=O) groups excluding carboxylic acids is 1. The molecular weight excluding hydrogens is 274 g/mol. The third-order valence-corrected chi connectivity index (χ3v) is 2.55. The predicted octanol–water partition coefficient (Wildman–Crippen LogP) is 2.69. The Balaban J connectivity index is 2.60. The van der Waals surface area contributed by atoms with E-state index >= 15 is 0 Å². The lowest BCUT2D eigenvalue weighted by Crippen LogP contribution is -2.05. The van der Waals surface area contributed by atoms with E-state index in [2.05, 4.69) is 26.2 Å². The topological polar surface area (TPSA) is 60.9 Å². The number of nitrogens with zero attached hydrogens (tertiary/aromatic N) is 3. The molecule has 0 atom stereocenters. The normalized spacial score (nSPS) is 11.0. The summed E-state index contributed by atoms with van der Waals surface area (Å²) in [6.07, 6.45) is 0.678. The van der Waals surface area contributed by atoms with Crippen LogP contribution in [-0.4, -0.2) is 21.3 Å². The van der Waals surface area contributed by atoms with Crippen LogP contribution >= 0.6 is 15.9 Å². The van der Waals surface area contributed by atoms with E-state index in [4.69, 9.17) is 4.42 Å². The summed E-state index contributed by atoms with van der Waals surface area (Å²) < 4.78 is 7.69. The molecule has 0 bridgehead atoms. The van der Waals surface area contributed by atoms with Crippen molar-refractivity contribution in [3.05, 3.63) is 22.5 Å². The summed E-state index contributed by atoms with van der Waals surface area (Å²) in [6, 6.07) is 3.65. The van der Waals surface area contributed by atoms with Crippen LogP contribution in [0.1, 0.15) is 30.4 Å². The molecule has 0 aromatic carbocycles. The van der Waals surface area contributed by atoms with Gasteiger partial charge in [0, 0.05) is 6.04 Å². The van der Waals surface area contributed by atoms with Crippen molar-refractivity contribution in [1.29, 1.82) is 0 Å². The smallest absolute Gasteiger partial charge is 0.172 e. The molecule has 16 heavy (non-hydrogen) atoms. The number of halogens is 1. The van der Waals surface area contributed by atoms with Gasteiger partial charge in [-0.3, -0.25) is 4.79 Å². The maximum atomic E-state index is 10.9. The number of aromatic nitrogens is 3. The van der Waals surface area contributed by atoms with Crippen LogP contribution in [0.15, 0.2) is 21.2 Å². The van der Waals surface area contributed by atoms with E-state index in [1.54, 1.807) is 16.8 Å². The van der Waals surface area contributed by atoms with Gasteiger partial charge < -0.3 is 4.42 Å². The average Bonchev–Trinajstić information content (AvgIpc) is 2.82. The molecule has 0 aliphatic carbocycles. The largest absolute Gasteiger partial charge is 0.448 e. The van der Waals surface area contributed by atoms with Crippen molar-refractivity contribution in [2.24, 2.45) is 0 Å². The molecule has 0 saturated carbocycles. The Bertz CT molecular complexity index is 516. The van der Waals surface area contributed by atoms with Gasteiger partial charge in [-0.1, -0.05) is 5.21 Å². The third-order valence-electron chi connectivity index (χ3n) is 2.13. The summed E-state index contributed by atoms with van der Waals surface area (Å²) in [6.45, 7) is 3.93. The van der Waals surface area contributed by atoms with E-state index < -0.39 is 0 Å². The zero-order valence-corrected chi connectivity index (χ0v) is 10.4. The maximum Gasteiger partial charge on any atom is 0.172 e. The van der Waals surface area contributed by atoms with Crippen molar-refractivity contribution in [1.82, 2.24) is 15.0 Å². The number of rotatable bonds is 3. The van der Waals surface area contributed by atoms with Crippen LogP contribution in [0.4, 0.5) is 0 Å². The molecule has 0 N–H and O–H groups in total. The molecule has 0 aliphatic heterocycles. The lowest BCUT2D eigenvalue weighted by Gasteiger charge is -2.07. The monoisotopic (exact) mass is 283 g/mol. The molecule has 2 heterocycles. The van der Waals surface area contributed by atoms with Gasteiger partial charge in [-0.05, 0) is 41.9 Å². The SMILES string of the molecule is CC(C)n1nnc(C=O)c1-c1ccc(Br)o1. The molecular formula is C10H10BrN3O2. The molecule has 84 valence electrons. The summed E-state index contributed by atoms with van der Waals surface area (Å²) in [4.78, 5) is 10.9. The van der Waals surface area contributed by atoms with E-state index in [1.165, 1.54) is 0 Å². The van der Waals surface area contributed by atoms with Crippen molar-refractivity contribution >= 4 is 22.2 Å². The van der Waals surface area contributed by atoms with Gasteiger partial charge in [-0.15, -0.1) is 5.10 Å². The minimum Gasteiger partial charge on any atom is -0.448 e. The first-order chi connectivity index (χ1) is 7.63. The number of hydrogen-bond donors (Lipinski definition) is 0. The van der Waals surface area contributed by atoms with Gasteiger partial charge in [0.05, 0.1) is 0 Å². The molecule has 2 aromatic heterocycles. The van der Waals surface area contributed by atoms with Crippen molar-refractivity contribution in [3.63, 3.8) is 0 Å².